The van der Waals surface area contributed by atoms with Gasteiger partial charge in [-0.15, -0.1) is 0 Å². The molecule has 0 saturated carbocycles. The van der Waals surface area contributed by atoms with Crippen molar-refractivity contribution in [2.75, 3.05) is 16.8 Å². The van der Waals surface area contributed by atoms with Gasteiger partial charge in [0.25, 0.3) is 0 Å². The maximum Gasteiger partial charge on any atom is 0.236 e. The van der Waals surface area contributed by atoms with Crippen LogP contribution in [0.5, 0.6) is 0 Å². The quantitative estimate of drug-likeness (QED) is 0.769. The van der Waals surface area contributed by atoms with E-state index >= 15 is 0 Å². The van der Waals surface area contributed by atoms with Crippen molar-refractivity contribution in [3.8, 4) is 0 Å². The zero-order valence-corrected chi connectivity index (χ0v) is 15.7. The molecule has 0 saturated heterocycles. The first-order valence-electron chi connectivity index (χ1n) is 7.83. The van der Waals surface area contributed by atoms with E-state index in [1.165, 1.54) is 0 Å². The van der Waals surface area contributed by atoms with E-state index in [0.717, 1.165) is 21.3 Å². The lowest BCUT2D eigenvalue weighted by molar-refractivity contribution is -0.125. The molecule has 2 aromatic carbocycles. The van der Waals surface area contributed by atoms with Crippen molar-refractivity contribution in [2.24, 2.45) is 0 Å². The smallest absolute Gasteiger partial charge is 0.236 e. The van der Waals surface area contributed by atoms with Gasteiger partial charge in [0.15, 0.2) is 0 Å². The predicted molar refractivity (Wildman–Crippen MR) is 101 cm³/mol. The van der Waals surface area contributed by atoms with Crippen LogP contribution in [0.3, 0.4) is 0 Å². The second-order valence-corrected chi connectivity index (χ2v) is 6.54. The molecule has 2 amide bonds. The van der Waals surface area contributed by atoms with Gasteiger partial charge in [0.05, 0.1) is 5.69 Å². The lowest BCUT2D eigenvalue weighted by Crippen LogP contribution is -2.33. The molecule has 0 aliphatic heterocycles. The summed E-state index contributed by atoms with van der Waals surface area (Å²) in [5.74, 6) is -0.542. The number of aryl methyl sites for hydroxylation is 2. The Labute approximate surface area is 151 Å². The second-order valence-electron chi connectivity index (χ2n) is 5.69. The number of carbonyl (C=O) groups excluding carboxylic acids is 2. The summed E-state index contributed by atoms with van der Waals surface area (Å²) in [4.78, 5) is 26.3. The number of amides is 2. The van der Waals surface area contributed by atoms with E-state index in [4.69, 9.17) is 0 Å². The van der Waals surface area contributed by atoms with E-state index in [9.17, 15) is 9.59 Å². The largest absolute Gasteiger partial charge is 0.325 e. The van der Waals surface area contributed by atoms with Crippen molar-refractivity contribution in [2.45, 2.75) is 27.2 Å². The number of nitrogens with one attached hydrogen (secondary N) is 1. The van der Waals surface area contributed by atoms with Crippen molar-refractivity contribution >= 4 is 39.1 Å². The van der Waals surface area contributed by atoms with Crippen LogP contribution >= 0.6 is 15.9 Å². The average molecular weight is 389 g/mol. The molecule has 2 aromatic rings. The van der Waals surface area contributed by atoms with Crippen LogP contribution in [0.2, 0.25) is 0 Å². The summed E-state index contributed by atoms with van der Waals surface area (Å²) in [7, 11) is 0. The third kappa shape index (κ3) is 4.68. The van der Waals surface area contributed by atoms with E-state index < -0.39 is 0 Å². The van der Waals surface area contributed by atoms with Crippen LogP contribution in [0, 0.1) is 13.8 Å². The monoisotopic (exact) mass is 388 g/mol. The summed E-state index contributed by atoms with van der Waals surface area (Å²) in [6.07, 6.45) is -0.192. The minimum atomic E-state index is -0.323. The fourth-order valence-electron chi connectivity index (χ4n) is 2.45. The first-order chi connectivity index (χ1) is 11.4. The number of nitrogens with zero attached hydrogens (tertiary/aromatic N) is 1. The normalized spacial score (nSPS) is 10.3. The van der Waals surface area contributed by atoms with E-state index in [1.807, 2.05) is 63.2 Å². The molecule has 1 N–H and O–H groups in total. The molecule has 24 heavy (non-hydrogen) atoms. The number of hydrogen-bond donors (Lipinski definition) is 1. The Morgan fingerprint density at radius 2 is 1.79 bits per heavy atom. The fraction of sp³-hybridized carbons (Fsp3) is 0.263. The zero-order valence-electron chi connectivity index (χ0n) is 14.1. The minimum Gasteiger partial charge on any atom is -0.325 e. The Hall–Kier alpha value is -2.14. The first kappa shape index (κ1) is 18.2. The van der Waals surface area contributed by atoms with Crippen LogP contribution in [-0.2, 0) is 9.59 Å². The van der Waals surface area contributed by atoms with Crippen molar-refractivity contribution in [3.63, 3.8) is 0 Å². The lowest BCUT2D eigenvalue weighted by Gasteiger charge is -2.21. The van der Waals surface area contributed by atoms with Crippen LogP contribution in [-0.4, -0.2) is 18.4 Å². The zero-order chi connectivity index (χ0) is 17.7. The number of carbonyl (C=O) groups is 2. The van der Waals surface area contributed by atoms with Crippen molar-refractivity contribution in [3.05, 3.63) is 58.1 Å². The highest BCUT2D eigenvalue weighted by molar-refractivity contribution is 9.10. The Kier molecular flexibility index (Phi) is 6.15. The molecule has 5 heteroatoms. The van der Waals surface area contributed by atoms with Gasteiger partial charge < -0.3 is 10.2 Å². The molecule has 2 rings (SSSR count). The Balaban J connectivity index is 2.05. The van der Waals surface area contributed by atoms with Gasteiger partial charge in [0, 0.05) is 16.7 Å². The summed E-state index contributed by atoms with van der Waals surface area (Å²) >= 11 is 3.42. The number of hydrogen-bond acceptors (Lipinski definition) is 2. The SMILES string of the molecule is CCN(C(=O)CC(=O)Nc1ccc(C)cc1Br)c1cccc(C)c1. The van der Waals surface area contributed by atoms with Gasteiger partial charge in [0.1, 0.15) is 6.42 Å². The molecule has 0 atom stereocenters. The predicted octanol–water partition coefficient (Wildman–Crippen LogP) is 4.45. The summed E-state index contributed by atoms with van der Waals surface area (Å²) in [6, 6.07) is 13.3. The van der Waals surface area contributed by atoms with Crippen LogP contribution in [0.1, 0.15) is 24.5 Å². The molecule has 0 spiro atoms. The third-order valence-corrected chi connectivity index (χ3v) is 4.30. The molecule has 4 nitrogen and oxygen atoms in total. The van der Waals surface area contributed by atoms with Crippen molar-refractivity contribution < 1.29 is 9.59 Å². The Morgan fingerprint density at radius 3 is 2.42 bits per heavy atom. The number of halogens is 1. The third-order valence-electron chi connectivity index (χ3n) is 3.64. The van der Waals surface area contributed by atoms with E-state index in [0.29, 0.717) is 12.2 Å². The number of benzene rings is 2. The van der Waals surface area contributed by atoms with Gasteiger partial charge in [-0.05, 0) is 72.1 Å². The van der Waals surface area contributed by atoms with Gasteiger partial charge in [-0.25, -0.2) is 0 Å². The molecule has 0 bridgehead atoms. The minimum absolute atomic E-state index is 0.192. The molecular weight excluding hydrogens is 368 g/mol. The van der Waals surface area contributed by atoms with Crippen LogP contribution in [0.4, 0.5) is 11.4 Å². The standard InChI is InChI=1S/C19H21BrN2O2/c1-4-22(15-7-5-6-13(2)10-15)19(24)12-18(23)21-17-9-8-14(3)11-16(17)20/h5-11H,4,12H2,1-3H3,(H,21,23). The molecule has 0 radical (unpaired) electrons. The van der Waals surface area contributed by atoms with Gasteiger partial charge in [-0.1, -0.05) is 18.2 Å². The molecule has 0 aromatic heterocycles. The molecule has 0 unspecified atom stereocenters. The summed E-state index contributed by atoms with van der Waals surface area (Å²) in [6.45, 7) is 6.36. The summed E-state index contributed by atoms with van der Waals surface area (Å²) in [5.41, 5.74) is 3.64. The molecule has 126 valence electrons. The fourth-order valence-corrected chi connectivity index (χ4v) is 3.04. The average Bonchev–Trinajstić information content (AvgIpc) is 2.51. The topological polar surface area (TPSA) is 49.4 Å². The Bertz CT molecular complexity index is 759. The van der Waals surface area contributed by atoms with Crippen molar-refractivity contribution in [1.29, 1.82) is 0 Å². The number of anilines is 2. The lowest BCUT2D eigenvalue weighted by atomic mass is 10.2. The Morgan fingerprint density at radius 1 is 1.08 bits per heavy atom. The van der Waals surface area contributed by atoms with Gasteiger partial charge in [0.2, 0.25) is 11.8 Å². The first-order valence-corrected chi connectivity index (χ1v) is 8.63. The van der Waals surface area contributed by atoms with Crippen molar-refractivity contribution in [1.82, 2.24) is 0 Å². The maximum absolute atomic E-state index is 12.5. The van der Waals surface area contributed by atoms with E-state index in [2.05, 4.69) is 21.2 Å². The maximum atomic E-state index is 12.5. The number of rotatable bonds is 5. The molecule has 0 aliphatic carbocycles. The van der Waals surface area contributed by atoms with Crippen LogP contribution < -0.4 is 10.2 Å². The summed E-state index contributed by atoms with van der Waals surface area (Å²) in [5, 5.41) is 2.78. The van der Waals surface area contributed by atoms with Gasteiger partial charge in [-0.3, -0.25) is 9.59 Å². The van der Waals surface area contributed by atoms with Gasteiger partial charge >= 0.3 is 0 Å². The van der Waals surface area contributed by atoms with Crippen LogP contribution in [0.25, 0.3) is 0 Å². The highest BCUT2D eigenvalue weighted by Crippen LogP contribution is 2.23. The second kappa shape index (κ2) is 8.11. The molecule has 0 fully saturated rings. The van der Waals surface area contributed by atoms with Crippen LogP contribution in [0.15, 0.2) is 46.9 Å². The van der Waals surface area contributed by atoms with E-state index in [-0.39, 0.29) is 18.2 Å². The van der Waals surface area contributed by atoms with Gasteiger partial charge in [-0.2, -0.15) is 0 Å². The van der Waals surface area contributed by atoms with E-state index in [1.54, 1.807) is 4.90 Å². The molecule has 0 heterocycles. The highest BCUT2D eigenvalue weighted by Gasteiger charge is 2.18. The summed E-state index contributed by atoms with van der Waals surface area (Å²) < 4.78 is 0.800. The molecular formula is C19H21BrN2O2. The molecule has 0 aliphatic rings. The highest BCUT2D eigenvalue weighted by atomic mass is 79.9.